The number of hydrogen-bond acceptors (Lipinski definition) is 2. The molecule has 1 fully saturated rings. The topological polar surface area (TPSA) is 31.1 Å². The molecular weight excluding hydrogens is 246 g/mol. The SMILES string of the molecule is CC(C)c1cccc2c(C(C)N3CCNCC3)c[nH]c12. The lowest BCUT2D eigenvalue weighted by Crippen LogP contribution is -2.44. The minimum Gasteiger partial charge on any atom is -0.361 e. The fraction of sp³-hybridized carbons (Fsp3) is 0.529. The number of nitrogens with zero attached hydrogens (tertiary/aromatic N) is 1. The Labute approximate surface area is 121 Å². The molecule has 1 saturated heterocycles. The molecular formula is C17H25N3. The molecule has 0 spiro atoms. The molecule has 1 aliphatic heterocycles. The monoisotopic (exact) mass is 271 g/mol. The molecule has 1 aromatic carbocycles. The first-order valence-electron chi connectivity index (χ1n) is 7.73. The second-order valence-electron chi connectivity index (χ2n) is 6.13. The van der Waals surface area contributed by atoms with Crippen LogP contribution in [0.4, 0.5) is 0 Å². The van der Waals surface area contributed by atoms with Crippen LogP contribution in [-0.2, 0) is 0 Å². The van der Waals surface area contributed by atoms with Crippen molar-refractivity contribution in [3.63, 3.8) is 0 Å². The summed E-state index contributed by atoms with van der Waals surface area (Å²) in [4.78, 5) is 6.09. The van der Waals surface area contributed by atoms with Crippen molar-refractivity contribution in [3.05, 3.63) is 35.5 Å². The van der Waals surface area contributed by atoms with Crippen LogP contribution in [0.2, 0.25) is 0 Å². The zero-order chi connectivity index (χ0) is 14.1. The van der Waals surface area contributed by atoms with E-state index in [4.69, 9.17) is 0 Å². The molecule has 0 radical (unpaired) electrons. The van der Waals surface area contributed by atoms with Gasteiger partial charge in [0.15, 0.2) is 0 Å². The van der Waals surface area contributed by atoms with Gasteiger partial charge in [0.2, 0.25) is 0 Å². The van der Waals surface area contributed by atoms with E-state index in [0.717, 1.165) is 26.2 Å². The lowest BCUT2D eigenvalue weighted by atomic mass is 9.98. The molecule has 108 valence electrons. The number of piperazine rings is 1. The maximum atomic E-state index is 3.52. The Bertz CT molecular complexity index is 579. The van der Waals surface area contributed by atoms with Gasteiger partial charge in [-0.3, -0.25) is 4.90 Å². The van der Waals surface area contributed by atoms with E-state index in [-0.39, 0.29) is 0 Å². The zero-order valence-corrected chi connectivity index (χ0v) is 12.7. The lowest BCUT2D eigenvalue weighted by molar-refractivity contribution is 0.186. The standard InChI is InChI=1S/C17H25N3/c1-12(2)14-5-4-6-15-16(11-19-17(14)15)13(3)20-9-7-18-8-10-20/h4-6,11-13,18-19H,7-10H2,1-3H3. The first-order valence-corrected chi connectivity index (χ1v) is 7.73. The first-order chi connectivity index (χ1) is 9.68. The summed E-state index contributed by atoms with van der Waals surface area (Å²) in [6, 6.07) is 7.17. The van der Waals surface area contributed by atoms with Crippen molar-refractivity contribution in [2.24, 2.45) is 0 Å². The summed E-state index contributed by atoms with van der Waals surface area (Å²) >= 11 is 0. The fourth-order valence-corrected chi connectivity index (χ4v) is 3.29. The Morgan fingerprint density at radius 1 is 1.05 bits per heavy atom. The van der Waals surface area contributed by atoms with Crippen LogP contribution in [0.25, 0.3) is 10.9 Å². The number of rotatable bonds is 3. The third-order valence-corrected chi connectivity index (χ3v) is 4.55. The summed E-state index contributed by atoms with van der Waals surface area (Å²) in [5.41, 5.74) is 4.17. The van der Waals surface area contributed by atoms with Crippen molar-refractivity contribution in [3.8, 4) is 0 Å². The van der Waals surface area contributed by atoms with Gasteiger partial charge >= 0.3 is 0 Å². The van der Waals surface area contributed by atoms with Gasteiger partial charge < -0.3 is 10.3 Å². The maximum absolute atomic E-state index is 3.52. The molecule has 3 nitrogen and oxygen atoms in total. The third-order valence-electron chi connectivity index (χ3n) is 4.55. The Hall–Kier alpha value is -1.32. The number of aromatic amines is 1. The normalized spacial score (nSPS) is 18.8. The molecule has 2 aromatic rings. The third kappa shape index (κ3) is 2.36. The number of hydrogen-bond donors (Lipinski definition) is 2. The Morgan fingerprint density at radius 3 is 2.50 bits per heavy atom. The summed E-state index contributed by atoms with van der Waals surface area (Å²) in [6.45, 7) is 11.3. The number of H-pyrrole nitrogens is 1. The van der Waals surface area contributed by atoms with Crippen molar-refractivity contribution < 1.29 is 0 Å². The van der Waals surface area contributed by atoms with Crippen LogP contribution in [0, 0.1) is 0 Å². The van der Waals surface area contributed by atoms with Crippen molar-refractivity contribution in [2.75, 3.05) is 26.2 Å². The highest BCUT2D eigenvalue weighted by atomic mass is 15.2. The average molecular weight is 271 g/mol. The van der Waals surface area contributed by atoms with E-state index >= 15 is 0 Å². The highest BCUT2D eigenvalue weighted by Crippen LogP contribution is 2.32. The van der Waals surface area contributed by atoms with E-state index in [2.05, 4.69) is 60.4 Å². The summed E-state index contributed by atoms with van der Waals surface area (Å²) in [5, 5.41) is 4.82. The average Bonchev–Trinajstić information content (AvgIpc) is 2.91. The molecule has 2 N–H and O–H groups in total. The highest BCUT2D eigenvalue weighted by molar-refractivity contribution is 5.86. The van der Waals surface area contributed by atoms with Crippen LogP contribution >= 0.6 is 0 Å². The van der Waals surface area contributed by atoms with Gasteiger partial charge in [-0.05, 0) is 24.0 Å². The van der Waals surface area contributed by atoms with Crippen molar-refractivity contribution in [2.45, 2.75) is 32.7 Å². The van der Waals surface area contributed by atoms with Crippen molar-refractivity contribution in [1.29, 1.82) is 0 Å². The molecule has 1 atom stereocenters. The molecule has 0 saturated carbocycles. The van der Waals surface area contributed by atoms with Crippen LogP contribution in [0.3, 0.4) is 0 Å². The summed E-state index contributed by atoms with van der Waals surface area (Å²) in [7, 11) is 0. The van der Waals surface area contributed by atoms with Gasteiger partial charge in [-0.1, -0.05) is 32.0 Å². The molecule has 1 unspecified atom stereocenters. The Balaban J connectivity index is 1.97. The fourth-order valence-electron chi connectivity index (χ4n) is 3.29. The smallest absolute Gasteiger partial charge is 0.0492 e. The molecule has 0 aliphatic carbocycles. The van der Waals surface area contributed by atoms with Gasteiger partial charge in [-0.2, -0.15) is 0 Å². The van der Waals surface area contributed by atoms with Crippen LogP contribution < -0.4 is 5.32 Å². The van der Waals surface area contributed by atoms with Gasteiger partial charge in [0.05, 0.1) is 0 Å². The molecule has 3 rings (SSSR count). The van der Waals surface area contributed by atoms with Gasteiger partial charge in [-0.15, -0.1) is 0 Å². The molecule has 3 heteroatoms. The van der Waals surface area contributed by atoms with E-state index in [1.807, 2.05) is 0 Å². The minimum atomic E-state index is 0.480. The van der Waals surface area contributed by atoms with E-state index in [0.29, 0.717) is 12.0 Å². The predicted molar refractivity (Wildman–Crippen MR) is 85.2 cm³/mol. The van der Waals surface area contributed by atoms with Gasteiger partial charge in [0.25, 0.3) is 0 Å². The number of para-hydroxylation sites is 1. The number of aromatic nitrogens is 1. The number of nitrogens with one attached hydrogen (secondary N) is 2. The lowest BCUT2D eigenvalue weighted by Gasteiger charge is -2.32. The molecule has 1 aliphatic rings. The predicted octanol–water partition coefficient (Wildman–Crippen LogP) is 3.26. The van der Waals surface area contributed by atoms with Gasteiger partial charge in [0.1, 0.15) is 0 Å². The van der Waals surface area contributed by atoms with Crippen molar-refractivity contribution >= 4 is 10.9 Å². The van der Waals surface area contributed by atoms with Gasteiger partial charge in [-0.25, -0.2) is 0 Å². The summed E-state index contributed by atoms with van der Waals surface area (Å²) < 4.78 is 0. The maximum Gasteiger partial charge on any atom is 0.0492 e. The Morgan fingerprint density at radius 2 is 1.80 bits per heavy atom. The summed E-state index contributed by atoms with van der Waals surface area (Å²) in [5.74, 6) is 0.555. The van der Waals surface area contributed by atoms with Crippen molar-refractivity contribution in [1.82, 2.24) is 15.2 Å². The molecule has 2 heterocycles. The van der Waals surface area contributed by atoms with Gasteiger partial charge in [0, 0.05) is 49.3 Å². The van der Waals surface area contributed by atoms with E-state index in [1.54, 1.807) is 0 Å². The number of fused-ring (bicyclic) bond motifs is 1. The summed E-state index contributed by atoms with van der Waals surface area (Å²) in [6.07, 6.45) is 2.21. The molecule has 0 amide bonds. The molecule has 1 aromatic heterocycles. The number of benzene rings is 1. The quantitative estimate of drug-likeness (QED) is 0.898. The minimum absolute atomic E-state index is 0.480. The van der Waals surface area contributed by atoms with Crippen LogP contribution in [0.15, 0.2) is 24.4 Å². The van der Waals surface area contributed by atoms with Crippen LogP contribution in [-0.4, -0.2) is 36.1 Å². The largest absolute Gasteiger partial charge is 0.361 e. The second-order valence-corrected chi connectivity index (χ2v) is 6.13. The highest BCUT2D eigenvalue weighted by Gasteiger charge is 2.21. The second kappa shape index (κ2) is 5.58. The first kappa shape index (κ1) is 13.7. The van der Waals surface area contributed by atoms with E-state index in [9.17, 15) is 0 Å². The molecule has 20 heavy (non-hydrogen) atoms. The van der Waals surface area contributed by atoms with Crippen LogP contribution in [0.5, 0.6) is 0 Å². The Kier molecular flexibility index (Phi) is 3.81. The molecule has 0 bridgehead atoms. The van der Waals surface area contributed by atoms with E-state index in [1.165, 1.54) is 22.0 Å². The zero-order valence-electron chi connectivity index (χ0n) is 12.7. The van der Waals surface area contributed by atoms with Crippen LogP contribution in [0.1, 0.15) is 43.9 Å². The van der Waals surface area contributed by atoms with E-state index < -0.39 is 0 Å².